The monoisotopic (exact) mass is 244 g/mol. The van der Waals surface area contributed by atoms with Gasteiger partial charge in [-0.2, -0.15) is 0 Å². The van der Waals surface area contributed by atoms with E-state index in [-0.39, 0.29) is 0 Å². The van der Waals surface area contributed by atoms with E-state index in [0.29, 0.717) is 21.8 Å². The molecular weight excluding hydrogens is 236 g/mol. The lowest BCUT2D eigenvalue weighted by Gasteiger charge is -2.02. The summed E-state index contributed by atoms with van der Waals surface area (Å²) in [4.78, 5) is 10.7. The first-order chi connectivity index (χ1) is 6.33. The first-order valence-electron chi connectivity index (χ1n) is 4.14. The van der Waals surface area contributed by atoms with E-state index in [4.69, 9.17) is 4.52 Å². The van der Waals surface area contributed by atoms with Crippen LogP contribution in [0.15, 0.2) is 9.13 Å². The highest BCUT2D eigenvalue weighted by Gasteiger charge is 2.25. The van der Waals surface area contributed by atoms with Gasteiger partial charge in [0.15, 0.2) is 16.6 Å². The van der Waals surface area contributed by atoms with Gasteiger partial charge in [-0.25, -0.2) is 0 Å². The SMILES string of the molecule is O=Cc1c(Br)noc1C1CCNC1. The molecule has 0 radical (unpaired) electrons. The number of carbonyl (C=O) groups excluding carboxylic acids is 1. The summed E-state index contributed by atoms with van der Waals surface area (Å²) in [6.45, 7) is 1.84. The number of nitrogens with zero attached hydrogens (tertiary/aromatic N) is 1. The van der Waals surface area contributed by atoms with Crippen molar-refractivity contribution in [3.05, 3.63) is 15.9 Å². The summed E-state index contributed by atoms with van der Waals surface area (Å²) in [5.41, 5.74) is 0.550. The van der Waals surface area contributed by atoms with Crippen LogP contribution < -0.4 is 5.32 Å². The van der Waals surface area contributed by atoms with Crippen molar-refractivity contribution in [2.24, 2.45) is 0 Å². The number of carbonyl (C=O) groups is 1. The van der Waals surface area contributed by atoms with Gasteiger partial charge < -0.3 is 9.84 Å². The summed E-state index contributed by atoms with van der Waals surface area (Å²) in [6.07, 6.45) is 1.79. The minimum Gasteiger partial charge on any atom is -0.359 e. The van der Waals surface area contributed by atoms with E-state index in [0.717, 1.165) is 25.8 Å². The molecule has 1 fully saturated rings. The van der Waals surface area contributed by atoms with E-state index in [1.54, 1.807) is 0 Å². The van der Waals surface area contributed by atoms with E-state index < -0.39 is 0 Å². The van der Waals surface area contributed by atoms with E-state index in [1.807, 2.05) is 0 Å². The average molecular weight is 245 g/mol. The average Bonchev–Trinajstić information content (AvgIpc) is 2.71. The van der Waals surface area contributed by atoms with Gasteiger partial charge >= 0.3 is 0 Å². The van der Waals surface area contributed by atoms with Crippen molar-refractivity contribution in [1.82, 2.24) is 10.5 Å². The highest BCUT2D eigenvalue weighted by Crippen LogP contribution is 2.28. The van der Waals surface area contributed by atoms with Crippen molar-refractivity contribution in [3.8, 4) is 0 Å². The number of hydrogen-bond acceptors (Lipinski definition) is 4. The van der Waals surface area contributed by atoms with Gasteiger partial charge in [0.25, 0.3) is 0 Å². The van der Waals surface area contributed by atoms with E-state index in [9.17, 15) is 4.79 Å². The Labute approximate surface area is 83.8 Å². The molecule has 2 rings (SSSR count). The standard InChI is InChI=1S/C8H9BrN2O2/c9-8-6(4-12)7(13-11-8)5-1-2-10-3-5/h4-5,10H,1-3H2. The second-order valence-electron chi connectivity index (χ2n) is 3.06. The third kappa shape index (κ3) is 1.53. The summed E-state index contributed by atoms with van der Waals surface area (Å²) in [5.74, 6) is 0.992. The Bertz CT molecular complexity index is 318. The van der Waals surface area contributed by atoms with Crippen LogP contribution in [-0.4, -0.2) is 24.5 Å². The van der Waals surface area contributed by atoms with Crippen LogP contribution in [0.5, 0.6) is 0 Å². The molecule has 4 nitrogen and oxygen atoms in total. The van der Waals surface area contributed by atoms with Gasteiger partial charge in [0, 0.05) is 12.5 Å². The molecule has 5 heteroatoms. The number of nitrogens with one attached hydrogen (secondary N) is 1. The van der Waals surface area contributed by atoms with Crippen molar-refractivity contribution in [2.75, 3.05) is 13.1 Å². The van der Waals surface area contributed by atoms with Crippen molar-refractivity contribution in [1.29, 1.82) is 0 Å². The summed E-state index contributed by atoms with van der Waals surface area (Å²) in [6, 6.07) is 0. The maximum absolute atomic E-state index is 10.7. The Balaban J connectivity index is 2.32. The van der Waals surface area contributed by atoms with E-state index in [1.165, 1.54) is 0 Å². The molecule has 1 atom stereocenters. The lowest BCUT2D eigenvalue weighted by atomic mass is 10.0. The maximum Gasteiger partial charge on any atom is 0.160 e. The Kier molecular flexibility index (Phi) is 2.46. The highest BCUT2D eigenvalue weighted by atomic mass is 79.9. The number of rotatable bonds is 2. The molecule has 0 spiro atoms. The fraction of sp³-hybridized carbons (Fsp3) is 0.500. The van der Waals surface area contributed by atoms with Gasteiger partial charge in [-0.15, -0.1) is 0 Å². The molecule has 1 saturated heterocycles. The zero-order chi connectivity index (χ0) is 9.26. The number of halogens is 1. The van der Waals surface area contributed by atoms with E-state index >= 15 is 0 Å². The molecule has 1 aliphatic heterocycles. The van der Waals surface area contributed by atoms with Crippen LogP contribution in [0.1, 0.15) is 28.5 Å². The molecule has 1 aromatic rings. The summed E-state index contributed by atoms with van der Waals surface area (Å²) < 4.78 is 5.61. The van der Waals surface area contributed by atoms with Crippen molar-refractivity contribution in [2.45, 2.75) is 12.3 Å². The van der Waals surface area contributed by atoms with Crippen molar-refractivity contribution in [3.63, 3.8) is 0 Å². The molecular formula is C8H9BrN2O2. The molecule has 0 aromatic carbocycles. The van der Waals surface area contributed by atoms with Gasteiger partial charge in [-0.3, -0.25) is 4.79 Å². The van der Waals surface area contributed by atoms with Crippen LogP contribution in [0.2, 0.25) is 0 Å². The Morgan fingerprint density at radius 2 is 2.54 bits per heavy atom. The van der Waals surface area contributed by atoms with Crippen LogP contribution in [0, 0.1) is 0 Å². The van der Waals surface area contributed by atoms with Gasteiger partial charge in [0.05, 0.1) is 5.56 Å². The first kappa shape index (κ1) is 8.90. The smallest absolute Gasteiger partial charge is 0.160 e. The molecule has 0 saturated carbocycles. The molecule has 0 aliphatic carbocycles. The van der Waals surface area contributed by atoms with Gasteiger partial charge in [-0.1, -0.05) is 5.16 Å². The normalized spacial score (nSPS) is 22.1. The van der Waals surface area contributed by atoms with Gasteiger partial charge in [-0.05, 0) is 28.9 Å². The van der Waals surface area contributed by atoms with Crippen molar-refractivity contribution < 1.29 is 9.32 Å². The second kappa shape index (κ2) is 3.59. The predicted molar refractivity (Wildman–Crippen MR) is 49.8 cm³/mol. The topological polar surface area (TPSA) is 55.1 Å². The lowest BCUT2D eigenvalue weighted by molar-refractivity contribution is 0.112. The molecule has 1 aromatic heterocycles. The van der Waals surface area contributed by atoms with Crippen LogP contribution in [0.3, 0.4) is 0 Å². The maximum atomic E-state index is 10.7. The highest BCUT2D eigenvalue weighted by molar-refractivity contribution is 9.10. The summed E-state index contributed by atoms with van der Waals surface area (Å²) in [7, 11) is 0. The number of aldehydes is 1. The zero-order valence-corrected chi connectivity index (χ0v) is 8.50. The minimum atomic E-state index is 0.291. The molecule has 13 heavy (non-hydrogen) atoms. The number of aromatic nitrogens is 1. The third-order valence-corrected chi connectivity index (χ3v) is 2.83. The van der Waals surface area contributed by atoms with Crippen LogP contribution in [0.4, 0.5) is 0 Å². The summed E-state index contributed by atoms with van der Waals surface area (Å²) >= 11 is 3.17. The van der Waals surface area contributed by atoms with Crippen LogP contribution in [0.25, 0.3) is 0 Å². The lowest BCUT2D eigenvalue weighted by Crippen LogP contribution is -2.08. The predicted octanol–water partition coefficient (Wildman–Crippen LogP) is 1.33. The molecule has 0 bridgehead atoms. The minimum absolute atomic E-state index is 0.291. The Morgan fingerprint density at radius 1 is 1.69 bits per heavy atom. The fourth-order valence-corrected chi connectivity index (χ4v) is 1.93. The molecule has 70 valence electrons. The molecule has 1 unspecified atom stereocenters. The Morgan fingerprint density at radius 3 is 3.15 bits per heavy atom. The van der Waals surface area contributed by atoms with Crippen LogP contribution in [-0.2, 0) is 0 Å². The van der Waals surface area contributed by atoms with Crippen LogP contribution >= 0.6 is 15.9 Å². The molecule has 2 heterocycles. The largest absolute Gasteiger partial charge is 0.359 e. The quantitative estimate of drug-likeness (QED) is 0.798. The summed E-state index contributed by atoms with van der Waals surface area (Å²) in [5, 5.41) is 6.93. The molecule has 0 amide bonds. The van der Waals surface area contributed by atoms with E-state index in [2.05, 4.69) is 26.4 Å². The molecule has 1 aliphatic rings. The van der Waals surface area contributed by atoms with Gasteiger partial charge in [0.1, 0.15) is 0 Å². The second-order valence-corrected chi connectivity index (χ2v) is 3.81. The first-order valence-corrected chi connectivity index (χ1v) is 4.93. The molecule has 1 N–H and O–H groups in total. The van der Waals surface area contributed by atoms with Crippen molar-refractivity contribution >= 4 is 22.2 Å². The fourth-order valence-electron chi connectivity index (χ4n) is 1.57. The zero-order valence-electron chi connectivity index (χ0n) is 6.92. The Hall–Kier alpha value is -0.680. The van der Waals surface area contributed by atoms with Gasteiger partial charge in [0.2, 0.25) is 0 Å². The third-order valence-electron chi connectivity index (χ3n) is 2.26. The number of hydrogen-bond donors (Lipinski definition) is 1.